The van der Waals surface area contributed by atoms with Crippen molar-refractivity contribution in [3.63, 3.8) is 0 Å². The van der Waals surface area contributed by atoms with Gasteiger partial charge in [0.15, 0.2) is 0 Å². The molecule has 4 fully saturated rings. The summed E-state index contributed by atoms with van der Waals surface area (Å²) in [5, 5.41) is 11.6. The number of benzene rings is 2. The van der Waals surface area contributed by atoms with Crippen molar-refractivity contribution in [1.29, 1.82) is 0 Å². The second-order valence-electron chi connectivity index (χ2n) is 21.5. The summed E-state index contributed by atoms with van der Waals surface area (Å²) in [6, 6.07) is 5.81. The highest BCUT2D eigenvalue weighted by molar-refractivity contribution is 6.47. The number of hydrogen-bond donors (Lipinski definition) is 7. The standard InChI is InChI=1S/C54H85BN8O9/c1-8-9-10-11-12-13-14-15-16-17-18-19-47(64)61-42(33-58)52(68)63(7)48-37-21-23-44(70-27-25-57)40(30-37)39-28-36(20-22-43(39)69-26-24-56)29-41(62-49(65)34(2)59-51(48)67)50(66)60-35(3)55-71-46-32-38-31-45(53(38,4)5)54(46,6)72-55/h20-23,28,30,34-35,38,41-42,45-46,48H,8-19,24-27,29,31-33,56-58H2,1-7H3,(H,59,67)(H,60,66)(H,61,64)(H,62,65). The van der Waals surface area contributed by atoms with Gasteiger partial charge >= 0.3 is 7.12 Å². The molecule has 10 N–H and O–H groups in total. The van der Waals surface area contributed by atoms with Crippen LogP contribution in [0.3, 0.4) is 0 Å². The number of unbranched alkanes of at least 4 members (excludes halogenated alkanes) is 10. The van der Waals surface area contributed by atoms with Crippen molar-refractivity contribution in [1.82, 2.24) is 26.2 Å². The van der Waals surface area contributed by atoms with Gasteiger partial charge in [-0.3, -0.25) is 24.0 Å². The Labute approximate surface area is 428 Å². The van der Waals surface area contributed by atoms with Gasteiger partial charge in [0.25, 0.3) is 0 Å². The number of nitrogens with two attached hydrogens (primary N) is 3. The molecule has 7 rings (SSSR count). The monoisotopic (exact) mass is 1000 g/mol. The van der Waals surface area contributed by atoms with Crippen molar-refractivity contribution in [3.05, 3.63) is 47.5 Å². The average Bonchev–Trinajstić information content (AvgIpc) is 3.73. The molecular formula is C54H85BN8O9. The predicted molar refractivity (Wildman–Crippen MR) is 280 cm³/mol. The molecule has 2 heterocycles. The molecular weight excluding hydrogens is 915 g/mol. The van der Waals surface area contributed by atoms with E-state index in [0.29, 0.717) is 52.0 Å². The molecule has 2 aromatic carbocycles. The Kier molecular flexibility index (Phi) is 20.4. The van der Waals surface area contributed by atoms with Crippen LogP contribution in [-0.4, -0.2) is 117 Å². The highest BCUT2D eigenvalue weighted by Crippen LogP contribution is 2.65. The number of fused-ring (bicyclic) bond motifs is 5. The van der Waals surface area contributed by atoms with E-state index in [1.54, 1.807) is 24.3 Å². The summed E-state index contributed by atoms with van der Waals surface area (Å²) in [6.45, 7) is 12.8. The average molecular weight is 1000 g/mol. The second-order valence-corrected chi connectivity index (χ2v) is 21.5. The first-order valence-electron chi connectivity index (χ1n) is 26.9. The molecule has 17 nitrogen and oxygen atoms in total. The molecule has 1 saturated heterocycles. The molecule has 5 aliphatic rings. The molecule has 9 unspecified atom stereocenters. The van der Waals surface area contributed by atoms with E-state index in [2.05, 4.69) is 49.0 Å². The quantitative estimate of drug-likeness (QED) is 0.0514. The normalized spacial score (nSPS) is 25.1. The first-order chi connectivity index (χ1) is 34.5. The van der Waals surface area contributed by atoms with Crippen LogP contribution in [0.4, 0.5) is 0 Å². The minimum Gasteiger partial charge on any atom is -0.492 e. The van der Waals surface area contributed by atoms with E-state index < -0.39 is 66.5 Å². The van der Waals surface area contributed by atoms with Crippen LogP contribution in [0.2, 0.25) is 0 Å². The van der Waals surface area contributed by atoms with Gasteiger partial charge in [0.05, 0.1) is 17.6 Å². The summed E-state index contributed by atoms with van der Waals surface area (Å²) in [5.41, 5.74) is 19.7. The van der Waals surface area contributed by atoms with Gasteiger partial charge in [-0.15, -0.1) is 0 Å². The number of ether oxygens (including phenoxy) is 2. The lowest BCUT2D eigenvalue weighted by molar-refractivity contribution is -0.199. The number of rotatable bonds is 25. The van der Waals surface area contributed by atoms with E-state index >= 15 is 0 Å². The maximum atomic E-state index is 14.7. The largest absolute Gasteiger partial charge is 0.492 e. The van der Waals surface area contributed by atoms with E-state index in [9.17, 15) is 24.0 Å². The van der Waals surface area contributed by atoms with E-state index in [4.69, 9.17) is 36.0 Å². The lowest BCUT2D eigenvalue weighted by Crippen LogP contribution is -2.65. The predicted octanol–water partition coefficient (Wildman–Crippen LogP) is 4.99. The van der Waals surface area contributed by atoms with Crippen LogP contribution in [0, 0.1) is 17.3 Å². The van der Waals surface area contributed by atoms with Gasteiger partial charge in [0, 0.05) is 50.7 Å². The van der Waals surface area contributed by atoms with Gasteiger partial charge in [-0.1, -0.05) is 97.1 Å². The molecule has 2 aliphatic heterocycles. The molecule has 2 aromatic rings. The summed E-state index contributed by atoms with van der Waals surface area (Å²) < 4.78 is 25.6. The van der Waals surface area contributed by atoms with Crippen LogP contribution >= 0.6 is 0 Å². The summed E-state index contributed by atoms with van der Waals surface area (Å²) >= 11 is 0. The van der Waals surface area contributed by atoms with Crippen LogP contribution in [-0.2, 0) is 39.7 Å². The number of carbonyl (C=O) groups is 5. The van der Waals surface area contributed by atoms with Crippen LogP contribution in [0.1, 0.15) is 149 Å². The fourth-order valence-corrected chi connectivity index (χ4v) is 11.4. The van der Waals surface area contributed by atoms with Crippen LogP contribution in [0.15, 0.2) is 36.4 Å². The van der Waals surface area contributed by atoms with Crippen molar-refractivity contribution in [3.8, 4) is 22.6 Å². The zero-order valence-electron chi connectivity index (χ0n) is 44.2. The Morgan fingerprint density at radius 2 is 1.44 bits per heavy atom. The van der Waals surface area contributed by atoms with E-state index in [1.165, 1.54) is 63.8 Å². The molecule has 5 amide bonds. The second kappa shape index (κ2) is 26.0. The summed E-state index contributed by atoms with van der Waals surface area (Å²) in [7, 11) is 0.765. The number of amides is 5. The van der Waals surface area contributed by atoms with E-state index in [-0.39, 0.29) is 63.1 Å². The molecule has 18 heteroatoms. The third-order valence-corrected chi connectivity index (χ3v) is 15.8. The van der Waals surface area contributed by atoms with Gasteiger partial charge in [-0.05, 0) is 92.7 Å². The first-order valence-corrected chi connectivity index (χ1v) is 26.9. The number of likely N-dealkylation sites (N-methyl/N-ethyl adjacent to an activating group) is 1. The SMILES string of the molecule is CCCCCCCCCCCCCC(=O)NC(CN)C(=O)N(C)C1C(=O)NC(C)C(=O)NC(C(=O)NC(C)B2OC3CC4CC(C4(C)C)C3(C)O2)Cc2ccc(OCCN)c(c2)-c2cc1ccc2OCCN. The first kappa shape index (κ1) is 56.5. The fraction of sp³-hybridized carbons (Fsp3) is 0.685. The summed E-state index contributed by atoms with van der Waals surface area (Å²) in [4.78, 5) is 72.3. The Morgan fingerprint density at radius 1 is 0.833 bits per heavy atom. The third-order valence-electron chi connectivity index (χ3n) is 15.8. The number of nitrogens with zero attached hydrogens (tertiary/aromatic N) is 1. The molecule has 0 radical (unpaired) electrons. The zero-order chi connectivity index (χ0) is 52.2. The highest BCUT2D eigenvalue weighted by Gasteiger charge is 2.68. The van der Waals surface area contributed by atoms with Crippen molar-refractivity contribution in [2.24, 2.45) is 34.5 Å². The summed E-state index contributed by atoms with van der Waals surface area (Å²) in [6.07, 6.45) is 14.8. The Morgan fingerprint density at radius 3 is 2.06 bits per heavy atom. The fourth-order valence-electron chi connectivity index (χ4n) is 11.4. The zero-order valence-corrected chi connectivity index (χ0v) is 44.2. The maximum absolute atomic E-state index is 14.7. The number of carbonyl (C=O) groups excluding carboxylic acids is 5. The molecule has 9 atom stereocenters. The molecule has 6 bridgehead atoms. The highest BCUT2D eigenvalue weighted by atomic mass is 16.7. The van der Waals surface area contributed by atoms with Crippen LogP contribution in [0.25, 0.3) is 11.1 Å². The Bertz CT molecular complexity index is 2180. The van der Waals surface area contributed by atoms with Crippen LogP contribution < -0.4 is 47.9 Å². The van der Waals surface area contributed by atoms with Crippen LogP contribution in [0.5, 0.6) is 11.5 Å². The van der Waals surface area contributed by atoms with Crippen molar-refractivity contribution in [2.45, 2.75) is 180 Å². The molecule has 398 valence electrons. The molecule has 3 saturated carbocycles. The van der Waals surface area contributed by atoms with Gasteiger partial charge in [0.2, 0.25) is 29.5 Å². The van der Waals surface area contributed by atoms with E-state index in [0.717, 1.165) is 32.1 Å². The minimum absolute atomic E-state index is 0.0593. The number of nitrogens with one attached hydrogen (secondary N) is 4. The molecule has 0 spiro atoms. The number of hydrogen-bond acceptors (Lipinski definition) is 12. The molecule has 0 aromatic heterocycles. The van der Waals surface area contributed by atoms with Gasteiger partial charge < -0.3 is 62.2 Å². The molecule has 3 aliphatic carbocycles. The van der Waals surface area contributed by atoms with E-state index in [1.807, 2.05) is 19.1 Å². The summed E-state index contributed by atoms with van der Waals surface area (Å²) in [5.74, 6) is -1.52. The van der Waals surface area contributed by atoms with Crippen molar-refractivity contribution in [2.75, 3.05) is 39.9 Å². The minimum atomic E-state index is -1.33. The third kappa shape index (κ3) is 13.5. The van der Waals surface area contributed by atoms with Crippen molar-refractivity contribution < 1.29 is 42.8 Å². The van der Waals surface area contributed by atoms with Gasteiger partial charge in [-0.25, -0.2) is 0 Å². The topological polar surface area (TPSA) is 252 Å². The lowest BCUT2D eigenvalue weighted by atomic mass is 9.43. The maximum Gasteiger partial charge on any atom is 0.481 e. The smallest absolute Gasteiger partial charge is 0.481 e. The Hall–Kier alpha value is -4.75. The lowest BCUT2D eigenvalue weighted by Gasteiger charge is -2.64. The van der Waals surface area contributed by atoms with Crippen molar-refractivity contribution >= 4 is 36.7 Å². The van der Waals surface area contributed by atoms with Gasteiger partial charge in [-0.2, -0.15) is 0 Å². The molecule has 72 heavy (non-hydrogen) atoms. The Balaban J connectivity index is 1.23. The van der Waals surface area contributed by atoms with Gasteiger partial charge in [0.1, 0.15) is 48.9 Å².